The van der Waals surface area contributed by atoms with Gasteiger partial charge in [-0.1, -0.05) is 25.1 Å². The first-order valence-corrected chi connectivity index (χ1v) is 7.94. The highest BCUT2D eigenvalue weighted by atomic mass is 16.3. The number of ketones is 1. The fourth-order valence-corrected chi connectivity index (χ4v) is 3.00. The minimum atomic E-state index is -1.81. The predicted molar refractivity (Wildman–Crippen MR) is 90.3 cm³/mol. The van der Waals surface area contributed by atoms with Crippen LogP contribution < -0.4 is 4.90 Å². The molecule has 0 aliphatic carbocycles. The summed E-state index contributed by atoms with van der Waals surface area (Å²) in [6.45, 7) is 2.47. The van der Waals surface area contributed by atoms with E-state index in [0.29, 0.717) is 23.6 Å². The molecule has 2 heterocycles. The number of anilines is 1. The van der Waals surface area contributed by atoms with Crippen molar-refractivity contribution in [3.63, 3.8) is 0 Å². The average molecular weight is 325 g/mol. The maximum absolute atomic E-state index is 12.7. The van der Waals surface area contributed by atoms with Crippen LogP contribution in [0.3, 0.4) is 0 Å². The number of hydrogen-bond donors (Lipinski definition) is 1. The maximum Gasteiger partial charge on any atom is 0.264 e. The number of benzene rings is 1. The lowest BCUT2D eigenvalue weighted by Crippen LogP contribution is -2.41. The minimum absolute atomic E-state index is 0.291. The lowest BCUT2D eigenvalue weighted by molar-refractivity contribution is -0.140. The van der Waals surface area contributed by atoms with Gasteiger partial charge in [-0.05, 0) is 36.8 Å². The minimum Gasteiger partial charge on any atom is -0.465 e. The summed E-state index contributed by atoms with van der Waals surface area (Å²) in [5, 5.41) is 11.0. The zero-order valence-electron chi connectivity index (χ0n) is 13.4. The molecule has 0 unspecified atom stereocenters. The second kappa shape index (κ2) is 6.45. The largest absolute Gasteiger partial charge is 0.465 e. The van der Waals surface area contributed by atoms with E-state index in [0.717, 1.165) is 6.42 Å². The molecule has 5 heteroatoms. The number of allylic oxidation sites excluding steroid dienone is 1. The van der Waals surface area contributed by atoms with Gasteiger partial charge in [0.05, 0.1) is 18.4 Å². The van der Waals surface area contributed by atoms with Crippen molar-refractivity contribution in [3.05, 3.63) is 60.1 Å². The Morgan fingerprint density at radius 3 is 2.79 bits per heavy atom. The van der Waals surface area contributed by atoms with Crippen LogP contribution in [0.1, 0.15) is 31.1 Å². The van der Waals surface area contributed by atoms with Gasteiger partial charge < -0.3 is 14.4 Å². The highest BCUT2D eigenvalue weighted by Crippen LogP contribution is 2.42. The van der Waals surface area contributed by atoms with E-state index in [1.54, 1.807) is 35.2 Å². The molecule has 1 aromatic heterocycles. The highest BCUT2D eigenvalue weighted by Gasteiger charge is 2.50. The Morgan fingerprint density at radius 2 is 2.08 bits per heavy atom. The first-order valence-electron chi connectivity index (χ1n) is 7.94. The first-order chi connectivity index (χ1) is 11.6. The van der Waals surface area contributed by atoms with Gasteiger partial charge in [-0.15, -0.1) is 0 Å². The number of rotatable bonds is 6. The molecule has 0 radical (unpaired) electrons. The number of hydrogen-bond acceptors (Lipinski definition) is 4. The van der Waals surface area contributed by atoms with Gasteiger partial charge in [-0.2, -0.15) is 0 Å². The summed E-state index contributed by atoms with van der Waals surface area (Å²) in [5.74, 6) is -0.234. The van der Waals surface area contributed by atoms with E-state index in [2.05, 4.69) is 0 Å². The number of aliphatic hydroxyl groups is 1. The van der Waals surface area contributed by atoms with Crippen molar-refractivity contribution in [1.82, 2.24) is 0 Å². The van der Waals surface area contributed by atoms with Crippen LogP contribution in [0, 0.1) is 0 Å². The molecular weight excluding hydrogens is 306 g/mol. The third-order valence-corrected chi connectivity index (χ3v) is 4.09. The molecule has 0 saturated carbocycles. The molecule has 1 aliphatic rings. The van der Waals surface area contributed by atoms with E-state index in [1.165, 1.54) is 18.4 Å². The molecule has 3 rings (SSSR count). The number of nitrogens with zero attached hydrogens (tertiary/aromatic N) is 1. The Labute approximate surface area is 140 Å². The molecule has 0 saturated heterocycles. The first kappa shape index (κ1) is 16.2. The van der Waals surface area contributed by atoms with Crippen LogP contribution in [0.25, 0.3) is 6.08 Å². The normalized spacial score (nSPS) is 19.9. The van der Waals surface area contributed by atoms with Gasteiger partial charge in [0, 0.05) is 12.1 Å². The fraction of sp³-hybridized carbons (Fsp3) is 0.263. The third-order valence-electron chi connectivity index (χ3n) is 4.09. The lowest BCUT2D eigenvalue weighted by atomic mass is 9.90. The zero-order valence-corrected chi connectivity index (χ0v) is 13.4. The Kier molecular flexibility index (Phi) is 4.36. The number of carbonyl (C=O) groups excluding carboxylic acids is 2. The highest BCUT2D eigenvalue weighted by molar-refractivity contribution is 6.10. The summed E-state index contributed by atoms with van der Waals surface area (Å²) >= 11 is 0. The summed E-state index contributed by atoms with van der Waals surface area (Å²) < 4.78 is 5.13. The van der Waals surface area contributed by atoms with Crippen LogP contribution in [0.4, 0.5) is 5.69 Å². The van der Waals surface area contributed by atoms with Gasteiger partial charge in [0.2, 0.25) is 0 Å². The van der Waals surface area contributed by atoms with Crippen LogP contribution >= 0.6 is 0 Å². The van der Waals surface area contributed by atoms with Crippen molar-refractivity contribution in [2.45, 2.75) is 25.4 Å². The molecule has 0 bridgehead atoms. The average Bonchev–Trinajstić information content (AvgIpc) is 3.16. The monoisotopic (exact) mass is 325 g/mol. The number of carbonyl (C=O) groups is 2. The number of furan rings is 1. The van der Waals surface area contributed by atoms with Gasteiger partial charge in [-0.25, -0.2) is 0 Å². The van der Waals surface area contributed by atoms with E-state index in [9.17, 15) is 14.7 Å². The molecule has 0 spiro atoms. The van der Waals surface area contributed by atoms with Crippen LogP contribution in [0.2, 0.25) is 0 Å². The summed E-state index contributed by atoms with van der Waals surface area (Å²) in [6, 6.07) is 10.5. The molecule has 1 atom stereocenters. The molecule has 5 nitrogen and oxygen atoms in total. The molecule has 0 fully saturated rings. The maximum atomic E-state index is 12.7. The van der Waals surface area contributed by atoms with Gasteiger partial charge >= 0.3 is 0 Å². The summed E-state index contributed by atoms with van der Waals surface area (Å²) in [5.41, 5.74) is -0.644. The third kappa shape index (κ3) is 2.78. The Hall–Kier alpha value is -2.66. The van der Waals surface area contributed by atoms with Crippen molar-refractivity contribution in [3.8, 4) is 0 Å². The molecule has 1 amide bonds. The molecule has 1 aliphatic heterocycles. The van der Waals surface area contributed by atoms with Crippen LogP contribution in [-0.2, 0) is 15.2 Å². The van der Waals surface area contributed by atoms with E-state index >= 15 is 0 Å². The smallest absolute Gasteiger partial charge is 0.264 e. The summed E-state index contributed by atoms with van der Waals surface area (Å²) in [7, 11) is 0. The van der Waals surface area contributed by atoms with Crippen LogP contribution in [0.15, 0.2) is 53.2 Å². The van der Waals surface area contributed by atoms with Gasteiger partial charge in [0.25, 0.3) is 5.91 Å². The SMILES string of the molecule is CCCN1C(=O)[C@@](O)(CC(=O)/C=C/c2ccco2)c2ccccc21. The van der Waals surface area contributed by atoms with Gasteiger partial charge in [0.15, 0.2) is 11.4 Å². The van der Waals surface area contributed by atoms with E-state index < -0.39 is 11.5 Å². The van der Waals surface area contributed by atoms with Crippen molar-refractivity contribution in [2.75, 3.05) is 11.4 Å². The van der Waals surface area contributed by atoms with E-state index in [1.807, 2.05) is 13.0 Å². The number of fused-ring (bicyclic) bond motifs is 1. The van der Waals surface area contributed by atoms with E-state index in [4.69, 9.17) is 4.42 Å². The molecule has 24 heavy (non-hydrogen) atoms. The number of amides is 1. The van der Waals surface area contributed by atoms with Crippen molar-refractivity contribution < 1.29 is 19.1 Å². The van der Waals surface area contributed by atoms with Gasteiger partial charge in [-0.3, -0.25) is 9.59 Å². The summed E-state index contributed by atoms with van der Waals surface area (Å²) in [6.07, 6.45) is 4.84. The fourth-order valence-electron chi connectivity index (χ4n) is 3.00. The Morgan fingerprint density at radius 1 is 1.29 bits per heavy atom. The molecular formula is C19H19NO4. The number of para-hydroxylation sites is 1. The van der Waals surface area contributed by atoms with Crippen molar-refractivity contribution in [1.29, 1.82) is 0 Å². The quantitative estimate of drug-likeness (QED) is 0.829. The predicted octanol–water partition coefficient (Wildman–Crippen LogP) is 2.90. The van der Waals surface area contributed by atoms with Crippen LogP contribution in [0.5, 0.6) is 0 Å². The van der Waals surface area contributed by atoms with Crippen molar-refractivity contribution in [2.24, 2.45) is 0 Å². The van der Waals surface area contributed by atoms with Crippen LogP contribution in [-0.4, -0.2) is 23.3 Å². The second-order valence-electron chi connectivity index (χ2n) is 5.83. The molecule has 1 N–H and O–H groups in total. The molecule has 1 aromatic carbocycles. The van der Waals surface area contributed by atoms with E-state index in [-0.39, 0.29) is 12.2 Å². The molecule has 124 valence electrons. The standard InChI is InChI=1S/C19H19NO4/c1-2-11-20-17-8-4-3-7-16(17)19(23,18(20)22)13-14(21)9-10-15-6-5-12-24-15/h3-10,12,23H,2,11,13H2,1H3/b10-9+/t19-/m1/s1. The Bertz CT molecular complexity index is 778. The molecule has 2 aromatic rings. The zero-order chi connectivity index (χ0) is 17.2. The Balaban J connectivity index is 1.86. The second-order valence-corrected chi connectivity index (χ2v) is 5.83. The van der Waals surface area contributed by atoms with Crippen molar-refractivity contribution >= 4 is 23.5 Å². The lowest BCUT2D eigenvalue weighted by Gasteiger charge is -2.21. The van der Waals surface area contributed by atoms with Gasteiger partial charge in [0.1, 0.15) is 5.76 Å². The summed E-state index contributed by atoms with van der Waals surface area (Å²) in [4.78, 5) is 26.5. The topological polar surface area (TPSA) is 70.8 Å².